The number of hydrogen-bond donors (Lipinski definition) is 2. The molecule has 1 amide bonds. The first-order valence-electron chi connectivity index (χ1n) is 9.99. The first kappa shape index (κ1) is 19.7. The van der Waals surface area contributed by atoms with E-state index in [9.17, 15) is 9.59 Å². The number of carbonyl (C=O) groups is 1. The summed E-state index contributed by atoms with van der Waals surface area (Å²) in [7, 11) is 3.92. The molecule has 0 fully saturated rings. The van der Waals surface area contributed by atoms with E-state index in [1.807, 2.05) is 74.4 Å². The summed E-state index contributed by atoms with van der Waals surface area (Å²) in [5.74, 6) is -0.112. The summed E-state index contributed by atoms with van der Waals surface area (Å²) >= 11 is 0. The van der Waals surface area contributed by atoms with Crippen molar-refractivity contribution < 1.29 is 4.79 Å². The van der Waals surface area contributed by atoms with E-state index in [0.29, 0.717) is 36.0 Å². The quantitative estimate of drug-likeness (QED) is 0.485. The number of rotatable bonds is 6. The van der Waals surface area contributed by atoms with E-state index in [2.05, 4.69) is 15.5 Å². The Morgan fingerprint density at radius 1 is 1.13 bits per heavy atom. The van der Waals surface area contributed by atoms with Gasteiger partial charge in [-0.25, -0.2) is 0 Å². The Hall–Kier alpha value is -3.61. The maximum atomic E-state index is 13.1. The van der Waals surface area contributed by atoms with Crippen molar-refractivity contribution in [2.24, 2.45) is 0 Å². The van der Waals surface area contributed by atoms with Crippen molar-refractivity contribution in [1.29, 1.82) is 0 Å². The molecule has 2 aromatic heterocycles. The van der Waals surface area contributed by atoms with Crippen LogP contribution in [-0.2, 0) is 6.54 Å². The zero-order valence-electron chi connectivity index (χ0n) is 17.4. The summed E-state index contributed by atoms with van der Waals surface area (Å²) in [4.78, 5) is 27.5. The average molecular weight is 403 g/mol. The number of anilines is 1. The van der Waals surface area contributed by atoms with Crippen molar-refractivity contribution >= 4 is 33.4 Å². The van der Waals surface area contributed by atoms with Crippen LogP contribution in [0.2, 0.25) is 0 Å². The fourth-order valence-corrected chi connectivity index (χ4v) is 3.71. The highest BCUT2D eigenvalue weighted by molar-refractivity contribution is 6.03. The Labute approximate surface area is 174 Å². The molecule has 0 saturated heterocycles. The lowest BCUT2D eigenvalue weighted by molar-refractivity contribution is 0.0953. The van der Waals surface area contributed by atoms with Crippen LogP contribution in [0.25, 0.3) is 21.8 Å². The van der Waals surface area contributed by atoms with Crippen molar-refractivity contribution in [3.05, 3.63) is 70.1 Å². The van der Waals surface area contributed by atoms with Gasteiger partial charge in [0.15, 0.2) is 0 Å². The molecule has 30 heavy (non-hydrogen) atoms. The highest BCUT2D eigenvalue weighted by atomic mass is 16.1. The van der Waals surface area contributed by atoms with E-state index in [-0.39, 0.29) is 11.5 Å². The van der Waals surface area contributed by atoms with Crippen LogP contribution in [0.3, 0.4) is 0 Å². The minimum atomic E-state index is -0.112. The van der Waals surface area contributed by atoms with Gasteiger partial charge in [0.2, 0.25) is 0 Å². The third kappa shape index (κ3) is 3.54. The number of nitrogens with one attached hydrogen (secondary N) is 2. The Morgan fingerprint density at radius 3 is 2.60 bits per heavy atom. The molecule has 0 bridgehead atoms. The Kier molecular flexibility index (Phi) is 5.27. The van der Waals surface area contributed by atoms with Crippen molar-refractivity contribution in [2.75, 3.05) is 25.5 Å². The SMILES string of the molecule is Cc1[nH]nc2c1c(=O)n(CCCNC(=O)c1ccc(N(C)C)cc1)c1ccccc21. The van der Waals surface area contributed by atoms with Gasteiger partial charge in [0.25, 0.3) is 11.5 Å². The van der Waals surface area contributed by atoms with Crippen molar-refractivity contribution in [1.82, 2.24) is 20.1 Å². The number of aromatic amines is 1. The number of para-hydroxylation sites is 1. The van der Waals surface area contributed by atoms with Gasteiger partial charge in [-0.05, 0) is 43.7 Å². The van der Waals surface area contributed by atoms with Crippen LogP contribution in [0, 0.1) is 6.92 Å². The topological polar surface area (TPSA) is 83.0 Å². The van der Waals surface area contributed by atoms with Crippen LogP contribution >= 0.6 is 0 Å². The van der Waals surface area contributed by atoms with E-state index >= 15 is 0 Å². The summed E-state index contributed by atoms with van der Waals surface area (Å²) in [6, 6.07) is 15.3. The summed E-state index contributed by atoms with van der Waals surface area (Å²) in [6.45, 7) is 2.86. The molecular weight excluding hydrogens is 378 g/mol. The predicted octanol–water partition coefficient (Wildman–Crippen LogP) is 3.07. The molecule has 0 radical (unpaired) electrons. The van der Waals surface area contributed by atoms with Crippen LogP contribution in [0.15, 0.2) is 53.3 Å². The summed E-state index contributed by atoms with van der Waals surface area (Å²) in [5, 5.41) is 11.8. The van der Waals surface area contributed by atoms with Gasteiger partial charge < -0.3 is 14.8 Å². The standard InChI is InChI=1S/C23H25N5O2/c1-15-20-21(26-25-15)18-7-4-5-8-19(18)28(23(20)30)14-6-13-24-22(29)16-9-11-17(12-10-16)27(2)3/h4-5,7-12H,6,13-14H2,1-3H3,(H,24,29)(H,25,26). The molecule has 7 nitrogen and oxygen atoms in total. The van der Waals surface area contributed by atoms with Gasteiger partial charge in [-0.1, -0.05) is 18.2 Å². The highest BCUT2D eigenvalue weighted by Crippen LogP contribution is 2.22. The molecule has 4 aromatic rings. The first-order chi connectivity index (χ1) is 14.5. The first-order valence-corrected chi connectivity index (χ1v) is 9.99. The molecule has 0 aliphatic heterocycles. The Balaban J connectivity index is 1.48. The van der Waals surface area contributed by atoms with Crippen LogP contribution in [-0.4, -0.2) is 41.3 Å². The van der Waals surface area contributed by atoms with E-state index in [1.54, 1.807) is 4.57 Å². The molecule has 2 aromatic carbocycles. The highest BCUT2D eigenvalue weighted by Gasteiger charge is 2.15. The molecule has 0 saturated carbocycles. The lowest BCUT2D eigenvalue weighted by atomic mass is 10.1. The van der Waals surface area contributed by atoms with E-state index < -0.39 is 0 Å². The molecule has 4 rings (SSSR count). The van der Waals surface area contributed by atoms with Crippen molar-refractivity contribution in [3.8, 4) is 0 Å². The zero-order chi connectivity index (χ0) is 21.3. The fraction of sp³-hybridized carbons (Fsp3) is 0.261. The predicted molar refractivity (Wildman–Crippen MR) is 120 cm³/mol. The molecule has 2 heterocycles. The number of pyridine rings is 1. The second kappa shape index (κ2) is 8.02. The van der Waals surface area contributed by atoms with Gasteiger partial charge in [-0.2, -0.15) is 5.10 Å². The smallest absolute Gasteiger partial charge is 0.262 e. The van der Waals surface area contributed by atoms with Crippen LogP contribution < -0.4 is 15.8 Å². The second-order valence-corrected chi connectivity index (χ2v) is 7.60. The summed E-state index contributed by atoms with van der Waals surface area (Å²) in [6.07, 6.45) is 0.647. The van der Waals surface area contributed by atoms with Gasteiger partial charge in [-0.15, -0.1) is 0 Å². The number of hydrogen-bond acceptors (Lipinski definition) is 4. The minimum absolute atomic E-state index is 0.0550. The molecule has 154 valence electrons. The molecule has 0 aliphatic rings. The summed E-state index contributed by atoms with van der Waals surface area (Å²) < 4.78 is 1.78. The van der Waals surface area contributed by atoms with Gasteiger partial charge in [-0.3, -0.25) is 14.7 Å². The van der Waals surface area contributed by atoms with Gasteiger partial charge >= 0.3 is 0 Å². The number of carbonyl (C=O) groups excluding carboxylic acids is 1. The molecular formula is C23H25N5O2. The number of aromatic nitrogens is 3. The minimum Gasteiger partial charge on any atom is -0.378 e. The number of aryl methyl sites for hydroxylation is 2. The lowest BCUT2D eigenvalue weighted by Crippen LogP contribution is -2.27. The second-order valence-electron chi connectivity index (χ2n) is 7.60. The van der Waals surface area contributed by atoms with Crippen LogP contribution in [0.5, 0.6) is 0 Å². The van der Waals surface area contributed by atoms with Gasteiger partial charge in [0.1, 0.15) is 5.52 Å². The third-order valence-electron chi connectivity index (χ3n) is 5.35. The monoisotopic (exact) mass is 403 g/mol. The largest absolute Gasteiger partial charge is 0.378 e. The number of amides is 1. The molecule has 2 N–H and O–H groups in total. The molecule has 0 unspecified atom stereocenters. The van der Waals surface area contributed by atoms with Crippen LogP contribution in [0.4, 0.5) is 5.69 Å². The fourth-order valence-electron chi connectivity index (χ4n) is 3.71. The lowest BCUT2D eigenvalue weighted by Gasteiger charge is -2.13. The number of benzene rings is 2. The average Bonchev–Trinajstić information content (AvgIpc) is 3.15. The maximum Gasteiger partial charge on any atom is 0.262 e. The van der Waals surface area contributed by atoms with Crippen LogP contribution in [0.1, 0.15) is 22.5 Å². The normalized spacial score (nSPS) is 11.2. The van der Waals surface area contributed by atoms with Crippen molar-refractivity contribution in [2.45, 2.75) is 19.9 Å². The molecule has 0 spiro atoms. The van der Waals surface area contributed by atoms with E-state index in [1.165, 1.54) is 0 Å². The Bertz CT molecular complexity index is 1270. The van der Waals surface area contributed by atoms with E-state index in [0.717, 1.165) is 22.3 Å². The molecule has 0 atom stereocenters. The third-order valence-corrected chi connectivity index (χ3v) is 5.35. The van der Waals surface area contributed by atoms with E-state index in [4.69, 9.17) is 0 Å². The zero-order valence-corrected chi connectivity index (χ0v) is 17.4. The number of nitrogens with zero attached hydrogens (tertiary/aromatic N) is 3. The Morgan fingerprint density at radius 2 is 1.87 bits per heavy atom. The maximum absolute atomic E-state index is 13.1. The molecule has 7 heteroatoms. The van der Waals surface area contributed by atoms with Crippen molar-refractivity contribution in [3.63, 3.8) is 0 Å². The molecule has 0 aliphatic carbocycles. The summed E-state index contributed by atoms with van der Waals surface area (Å²) in [5.41, 5.74) is 3.94. The van der Waals surface area contributed by atoms with Gasteiger partial charge in [0, 0.05) is 49.5 Å². The number of H-pyrrole nitrogens is 1. The van der Waals surface area contributed by atoms with Gasteiger partial charge in [0.05, 0.1) is 10.9 Å². The number of fused-ring (bicyclic) bond motifs is 3.